The molecule has 1 aliphatic rings. The van der Waals surface area contributed by atoms with Crippen LogP contribution in [0.15, 0.2) is 18.2 Å². The minimum Gasteiger partial charge on any atom is -0.482 e. The smallest absolute Gasteiger partial charge is 0.260 e. The largest absolute Gasteiger partial charge is 0.482 e. The number of rotatable bonds is 5. The number of hydrogen-bond donors (Lipinski definition) is 1. The minimum absolute atomic E-state index is 0.0126. The Balaban J connectivity index is 1.97. The predicted octanol–water partition coefficient (Wildman–Crippen LogP) is 1.08. The molecule has 1 aromatic carbocycles. The maximum Gasteiger partial charge on any atom is 0.260 e. The lowest BCUT2D eigenvalue weighted by atomic mass is 10.1. The second kappa shape index (κ2) is 7.47. The van der Waals surface area contributed by atoms with Crippen molar-refractivity contribution in [3.8, 4) is 5.75 Å². The zero-order valence-corrected chi connectivity index (χ0v) is 12.1. The Hall–Kier alpha value is -1.30. The van der Waals surface area contributed by atoms with Gasteiger partial charge in [0.05, 0.1) is 18.2 Å². The van der Waals surface area contributed by atoms with Crippen molar-refractivity contribution in [2.45, 2.75) is 6.42 Å². The fourth-order valence-corrected chi connectivity index (χ4v) is 2.35. The lowest BCUT2D eigenvalue weighted by molar-refractivity contribution is -0.137. The number of ether oxygens (including phenoxy) is 2. The minimum atomic E-state index is -0.0491. The van der Waals surface area contributed by atoms with Gasteiger partial charge in [-0.1, -0.05) is 23.7 Å². The van der Waals surface area contributed by atoms with Crippen molar-refractivity contribution >= 4 is 17.5 Å². The third-order valence-electron chi connectivity index (χ3n) is 3.17. The van der Waals surface area contributed by atoms with E-state index in [1.807, 2.05) is 12.1 Å². The molecule has 1 fully saturated rings. The number of carbonyl (C=O) groups excluding carboxylic acids is 1. The summed E-state index contributed by atoms with van der Waals surface area (Å²) >= 11 is 6.12. The van der Waals surface area contributed by atoms with E-state index >= 15 is 0 Å². The average Bonchev–Trinajstić information content (AvgIpc) is 2.47. The van der Waals surface area contributed by atoms with E-state index in [2.05, 4.69) is 0 Å². The van der Waals surface area contributed by atoms with Crippen LogP contribution in [0.3, 0.4) is 0 Å². The second-order valence-electron chi connectivity index (χ2n) is 4.55. The Bertz CT molecular complexity index is 462. The maximum absolute atomic E-state index is 12.0. The summed E-state index contributed by atoms with van der Waals surface area (Å²) in [6.07, 6.45) is 0.668. The molecule has 2 N–H and O–H groups in total. The van der Waals surface area contributed by atoms with Crippen molar-refractivity contribution in [2.75, 3.05) is 39.5 Å². The van der Waals surface area contributed by atoms with Gasteiger partial charge in [0, 0.05) is 13.1 Å². The summed E-state index contributed by atoms with van der Waals surface area (Å²) < 4.78 is 10.8. The molecule has 0 aliphatic carbocycles. The Kier molecular flexibility index (Phi) is 5.64. The molecular weight excluding hydrogens is 280 g/mol. The summed E-state index contributed by atoms with van der Waals surface area (Å²) in [6, 6.07) is 5.51. The van der Waals surface area contributed by atoms with Gasteiger partial charge in [-0.05, 0) is 24.6 Å². The first-order valence-electron chi connectivity index (χ1n) is 6.68. The third kappa shape index (κ3) is 3.85. The normalized spacial score (nSPS) is 15.2. The number of halogens is 1. The zero-order valence-electron chi connectivity index (χ0n) is 11.3. The molecule has 110 valence electrons. The van der Waals surface area contributed by atoms with Crippen LogP contribution in [0.25, 0.3) is 0 Å². The van der Waals surface area contributed by atoms with Crippen molar-refractivity contribution in [3.63, 3.8) is 0 Å². The van der Waals surface area contributed by atoms with Gasteiger partial charge in [-0.3, -0.25) is 4.79 Å². The molecule has 1 aromatic rings. The zero-order chi connectivity index (χ0) is 14.4. The molecule has 0 unspecified atom stereocenters. The van der Waals surface area contributed by atoms with Crippen LogP contribution in [-0.2, 0) is 16.0 Å². The van der Waals surface area contributed by atoms with Crippen molar-refractivity contribution in [3.05, 3.63) is 28.8 Å². The summed E-state index contributed by atoms with van der Waals surface area (Å²) in [4.78, 5) is 13.8. The second-order valence-corrected chi connectivity index (χ2v) is 4.96. The molecule has 0 aromatic heterocycles. The van der Waals surface area contributed by atoms with Crippen LogP contribution in [0.1, 0.15) is 5.56 Å². The summed E-state index contributed by atoms with van der Waals surface area (Å²) in [5.41, 5.74) is 6.49. The average molecular weight is 299 g/mol. The van der Waals surface area contributed by atoms with Crippen molar-refractivity contribution < 1.29 is 14.3 Å². The highest BCUT2D eigenvalue weighted by Crippen LogP contribution is 2.28. The van der Waals surface area contributed by atoms with E-state index in [1.54, 1.807) is 11.0 Å². The fraction of sp³-hybridized carbons (Fsp3) is 0.500. The first-order chi connectivity index (χ1) is 9.72. The van der Waals surface area contributed by atoms with E-state index in [0.29, 0.717) is 50.0 Å². The number of amides is 1. The molecule has 1 amide bonds. The Morgan fingerprint density at radius 3 is 2.85 bits per heavy atom. The van der Waals surface area contributed by atoms with Crippen LogP contribution < -0.4 is 10.5 Å². The number of hydrogen-bond acceptors (Lipinski definition) is 4. The van der Waals surface area contributed by atoms with E-state index in [-0.39, 0.29) is 12.5 Å². The number of carbonyl (C=O) groups is 1. The van der Waals surface area contributed by atoms with E-state index in [0.717, 1.165) is 5.56 Å². The SMILES string of the molecule is NCCc1cccc(Cl)c1OCC(=O)N1CCOCC1. The molecule has 0 bridgehead atoms. The molecule has 5 nitrogen and oxygen atoms in total. The van der Waals surface area contributed by atoms with Gasteiger partial charge >= 0.3 is 0 Å². The van der Waals surface area contributed by atoms with Gasteiger partial charge in [0.25, 0.3) is 5.91 Å². The quantitative estimate of drug-likeness (QED) is 0.883. The van der Waals surface area contributed by atoms with Gasteiger partial charge < -0.3 is 20.1 Å². The molecular formula is C14H19ClN2O3. The molecule has 0 atom stereocenters. The number of nitrogens with zero attached hydrogens (tertiary/aromatic N) is 1. The third-order valence-corrected chi connectivity index (χ3v) is 3.46. The molecule has 0 spiro atoms. The Morgan fingerprint density at radius 1 is 1.40 bits per heavy atom. The number of para-hydroxylation sites is 1. The molecule has 0 saturated carbocycles. The molecule has 2 rings (SSSR count). The van der Waals surface area contributed by atoms with Gasteiger partial charge in [-0.15, -0.1) is 0 Å². The molecule has 1 saturated heterocycles. The van der Waals surface area contributed by atoms with Gasteiger partial charge in [0.15, 0.2) is 6.61 Å². The van der Waals surface area contributed by atoms with Crippen LogP contribution >= 0.6 is 11.6 Å². The molecule has 6 heteroatoms. The van der Waals surface area contributed by atoms with Crippen LogP contribution in [-0.4, -0.2) is 50.3 Å². The van der Waals surface area contributed by atoms with Gasteiger partial charge in [-0.2, -0.15) is 0 Å². The first kappa shape index (κ1) is 15.1. The summed E-state index contributed by atoms with van der Waals surface area (Å²) in [5, 5.41) is 0.505. The molecule has 1 heterocycles. The van der Waals surface area contributed by atoms with E-state index in [9.17, 15) is 4.79 Å². The lowest BCUT2D eigenvalue weighted by Crippen LogP contribution is -2.43. The monoisotopic (exact) mass is 298 g/mol. The topological polar surface area (TPSA) is 64.8 Å². The highest BCUT2D eigenvalue weighted by Gasteiger charge is 2.18. The fourth-order valence-electron chi connectivity index (χ4n) is 2.11. The maximum atomic E-state index is 12.0. The van der Waals surface area contributed by atoms with Crippen LogP contribution in [0, 0.1) is 0 Å². The van der Waals surface area contributed by atoms with Crippen LogP contribution in [0.4, 0.5) is 0 Å². The van der Waals surface area contributed by atoms with E-state index < -0.39 is 0 Å². The number of nitrogens with two attached hydrogens (primary N) is 1. The Morgan fingerprint density at radius 2 is 2.15 bits per heavy atom. The van der Waals surface area contributed by atoms with Crippen LogP contribution in [0.2, 0.25) is 5.02 Å². The Labute approximate surface area is 123 Å². The van der Waals surface area contributed by atoms with Crippen LogP contribution in [0.5, 0.6) is 5.75 Å². The number of morpholine rings is 1. The van der Waals surface area contributed by atoms with Gasteiger partial charge in [-0.25, -0.2) is 0 Å². The first-order valence-corrected chi connectivity index (χ1v) is 7.06. The van der Waals surface area contributed by atoms with E-state index in [1.165, 1.54) is 0 Å². The number of benzene rings is 1. The molecule has 0 radical (unpaired) electrons. The van der Waals surface area contributed by atoms with Crippen molar-refractivity contribution in [1.29, 1.82) is 0 Å². The van der Waals surface area contributed by atoms with Gasteiger partial charge in [0.2, 0.25) is 0 Å². The summed E-state index contributed by atoms with van der Waals surface area (Å²) in [7, 11) is 0. The van der Waals surface area contributed by atoms with E-state index in [4.69, 9.17) is 26.8 Å². The lowest BCUT2D eigenvalue weighted by Gasteiger charge is -2.27. The molecule has 1 aliphatic heterocycles. The summed E-state index contributed by atoms with van der Waals surface area (Å²) in [6.45, 7) is 2.88. The van der Waals surface area contributed by atoms with Crippen molar-refractivity contribution in [2.24, 2.45) is 5.73 Å². The molecule has 20 heavy (non-hydrogen) atoms. The van der Waals surface area contributed by atoms with Crippen molar-refractivity contribution in [1.82, 2.24) is 4.90 Å². The standard InChI is InChI=1S/C14H19ClN2O3/c15-12-3-1-2-11(4-5-16)14(12)20-10-13(18)17-6-8-19-9-7-17/h1-3H,4-10,16H2. The predicted molar refractivity (Wildman–Crippen MR) is 77.1 cm³/mol. The highest BCUT2D eigenvalue weighted by molar-refractivity contribution is 6.32. The summed E-state index contributed by atoms with van der Waals surface area (Å²) in [5.74, 6) is 0.508. The highest BCUT2D eigenvalue weighted by atomic mass is 35.5. The van der Waals surface area contributed by atoms with Gasteiger partial charge in [0.1, 0.15) is 5.75 Å².